The quantitative estimate of drug-likeness (QED) is 0.484. The van der Waals surface area contributed by atoms with E-state index in [2.05, 4.69) is 0 Å². The van der Waals surface area contributed by atoms with E-state index in [-0.39, 0.29) is 6.04 Å². The molecule has 1 atom stereocenters. The molecule has 0 saturated heterocycles. The van der Waals surface area contributed by atoms with Gasteiger partial charge in [0.2, 0.25) is 0 Å². The summed E-state index contributed by atoms with van der Waals surface area (Å²) in [5.74, 6) is 2.19. The van der Waals surface area contributed by atoms with E-state index in [9.17, 15) is 4.79 Å². The molecule has 1 aliphatic carbocycles. The Bertz CT molecular complexity index is 825. The zero-order valence-electron chi connectivity index (χ0n) is 18.8. The number of benzene rings is 2. The van der Waals surface area contributed by atoms with Crippen LogP contribution in [0.15, 0.2) is 42.5 Å². The third kappa shape index (κ3) is 6.14. The highest BCUT2D eigenvalue weighted by Gasteiger charge is 2.32. The summed E-state index contributed by atoms with van der Waals surface area (Å²) in [6.45, 7) is 8.40. The first-order chi connectivity index (χ1) is 15.0. The van der Waals surface area contributed by atoms with Crippen molar-refractivity contribution in [3.8, 4) is 11.5 Å². The maximum absolute atomic E-state index is 12.2. The molecule has 2 amide bonds. The Balaban J connectivity index is 1.74. The number of urea groups is 1. The third-order valence-electron chi connectivity index (χ3n) is 5.53. The average Bonchev–Trinajstić information content (AvgIpc) is 3.59. The summed E-state index contributed by atoms with van der Waals surface area (Å²) in [5, 5.41) is 0. The topological polar surface area (TPSA) is 74.0 Å². The van der Waals surface area contributed by atoms with Crippen molar-refractivity contribution in [1.29, 1.82) is 0 Å². The zero-order valence-corrected chi connectivity index (χ0v) is 18.8. The molecular weight excluding hydrogens is 392 g/mol. The fourth-order valence-corrected chi connectivity index (χ4v) is 3.79. The molecule has 3 rings (SSSR count). The lowest BCUT2D eigenvalue weighted by Gasteiger charge is -2.29. The SMILES string of the molecule is CCOc1cc(C(C)N(CCOCc2ccccc2)C(N)=O)cc(OCC)c1C1CC1. The van der Waals surface area contributed by atoms with Gasteiger partial charge in [0, 0.05) is 12.1 Å². The van der Waals surface area contributed by atoms with Crippen LogP contribution in [0.4, 0.5) is 4.79 Å². The lowest BCUT2D eigenvalue weighted by Crippen LogP contribution is -2.40. The van der Waals surface area contributed by atoms with Crippen molar-refractivity contribution in [2.45, 2.75) is 52.2 Å². The second-order valence-corrected chi connectivity index (χ2v) is 7.82. The molecule has 0 bridgehead atoms. The number of rotatable bonds is 12. The number of hydrogen-bond acceptors (Lipinski definition) is 4. The van der Waals surface area contributed by atoms with Gasteiger partial charge in [-0.05, 0) is 62.8 Å². The largest absolute Gasteiger partial charge is 0.493 e. The summed E-state index contributed by atoms with van der Waals surface area (Å²) in [7, 11) is 0. The molecule has 1 unspecified atom stereocenters. The van der Waals surface area contributed by atoms with E-state index in [0.717, 1.165) is 41.0 Å². The van der Waals surface area contributed by atoms with E-state index in [1.165, 1.54) is 0 Å². The van der Waals surface area contributed by atoms with Gasteiger partial charge in [0.1, 0.15) is 11.5 Å². The second-order valence-electron chi connectivity index (χ2n) is 7.82. The van der Waals surface area contributed by atoms with Crippen LogP contribution in [-0.2, 0) is 11.3 Å². The van der Waals surface area contributed by atoms with Gasteiger partial charge in [-0.3, -0.25) is 0 Å². The van der Waals surface area contributed by atoms with Gasteiger partial charge in [0.15, 0.2) is 0 Å². The standard InChI is InChI=1S/C25H34N2O4/c1-4-30-22-15-21(16-23(31-5-2)24(22)20-11-12-20)18(3)27(25(26)28)13-14-29-17-19-9-7-6-8-10-19/h6-10,15-16,18,20H,4-5,11-14,17H2,1-3H3,(H2,26,28). The van der Waals surface area contributed by atoms with Gasteiger partial charge < -0.3 is 24.8 Å². The Morgan fingerprint density at radius 2 is 1.71 bits per heavy atom. The summed E-state index contributed by atoms with van der Waals surface area (Å²) in [6, 6.07) is 13.3. The van der Waals surface area contributed by atoms with Crippen LogP contribution in [0.5, 0.6) is 11.5 Å². The highest BCUT2D eigenvalue weighted by atomic mass is 16.5. The Labute approximate surface area is 185 Å². The van der Waals surface area contributed by atoms with Gasteiger partial charge in [-0.2, -0.15) is 0 Å². The Kier molecular flexibility index (Phi) is 8.18. The first-order valence-electron chi connectivity index (χ1n) is 11.2. The highest BCUT2D eigenvalue weighted by Crippen LogP contribution is 2.50. The van der Waals surface area contributed by atoms with Crippen molar-refractivity contribution >= 4 is 6.03 Å². The number of carbonyl (C=O) groups excluding carboxylic acids is 1. The van der Waals surface area contributed by atoms with Gasteiger partial charge >= 0.3 is 6.03 Å². The van der Waals surface area contributed by atoms with Crippen molar-refractivity contribution in [2.75, 3.05) is 26.4 Å². The Hall–Kier alpha value is -2.73. The van der Waals surface area contributed by atoms with Crippen LogP contribution in [0, 0.1) is 0 Å². The van der Waals surface area contributed by atoms with Crippen LogP contribution in [0.25, 0.3) is 0 Å². The number of amides is 2. The summed E-state index contributed by atoms with van der Waals surface area (Å²) >= 11 is 0. The molecule has 1 saturated carbocycles. The van der Waals surface area contributed by atoms with E-state index in [1.54, 1.807) is 4.90 Å². The molecule has 0 heterocycles. The first kappa shape index (κ1) is 22.9. The van der Waals surface area contributed by atoms with E-state index >= 15 is 0 Å². The van der Waals surface area contributed by atoms with Crippen molar-refractivity contribution in [3.05, 3.63) is 59.2 Å². The number of nitrogens with two attached hydrogens (primary N) is 1. The predicted molar refractivity (Wildman–Crippen MR) is 122 cm³/mol. The molecule has 6 nitrogen and oxygen atoms in total. The van der Waals surface area contributed by atoms with Crippen molar-refractivity contribution in [1.82, 2.24) is 4.90 Å². The van der Waals surface area contributed by atoms with E-state index in [4.69, 9.17) is 19.9 Å². The van der Waals surface area contributed by atoms with Gasteiger partial charge in [-0.1, -0.05) is 30.3 Å². The molecule has 0 aliphatic heterocycles. The molecule has 2 aromatic rings. The molecule has 0 aromatic heterocycles. The summed E-state index contributed by atoms with van der Waals surface area (Å²) in [5.41, 5.74) is 8.91. The molecule has 31 heavy (non-hydrogen) atoms. The van der Waals surface area contributed by atoms with Crippen molar-refractivity contribution in [3.63, 3.8) is 0 Å². The minimum absolute atomic E-state index is 0.232. The van der Waals surface area contributed by atoms with Crippen LogP contribution >= 0.6 is 0 Å². The van der Waals surface area contributed by atoms with E-state index in [0.29, 0.717) is 38.9 Å². The normalized spacial score (nSPS) is 14.2. The number of nitrogens with zero attached hydrogens (tertiary/aromatic N) is 1. The second kappa shape index (κ2) is 11.0. The molecular formula is C25H34N2O4. The van der Waals surface area contributed by atoms with Gasteiger partial charge in [-0.25, -0.2) is 4.79 Å². The minimum atomic E-state index is -0.474. The van der Waals surface area contributed by atoms with Crippen LogP contribution in [0.1, 0.15) is 62.3 Å². The van der Waals surface area contributed by atoms with E-state index in [1.807, 2.05) is 63.2 Å². The van der Waals surface area contributed by atoms with Gasteiger partial charge in [0.25, 0.3) is 0 Å². The maximum Gasteiger partial charge on any atom is 0.315 e. The molecule has 0 spiro atoms. The minimum Gasteiger partial charge on any atom is -0.493 e. The summed E-state index contributed by atoms with van der Waals surface area (Å²) < 4.78 is 17.7. The number of carbonyl (C=O) groups is 1. The fourth-order valence-electron chi connectivity index (χ4n) is 3.79. The molecule has 2 N–H and O–H groups in total. The first-order valence-corrected chi connectivity index (χ1v) is 11.2. The average molecular weight is 427 g/mol. The molecule has 6 heteroatoms. The fraction of sp³-hybridized carbons (Fsp3) is 0.480. The van der Waals surface area contributed by atoms with Gasteiger partial charge in [0.05, 0.1) is 32.5 Å². The van der Waals surface area contributed by atoms with Crippen LogP contribution in [0.2, 0.25) is 0 Å². The Morgan fingerprint density at radius 1 is 1.10 bits per heavy atom. The predicted octanol–water partition coefficient (Wildman–Crippen LogP) is 5.02. The van der Waals surface area contributed by atoms with Crippen LogP contribution in [0.3, 0.4) is 0 Å². The lowest BCUT2D eigenvalue weighted by molar-refractivity contribution is 0.0914. The molecule has 168 valence electrons. The third-order valence-corrected chi connectivity index (χ3v) is 5.53. The maximum atomic E-state index is 12.2. The number of primary amides is 1. The monoisotopic (exact) mass is 426 g/mol. The molecule has 2 aromatic carbocycles. The van der Waals surface area contributed by atoms with Crippen molar-refractivity contribution in [2.24, 2.45) is 5.73 Å². The molecule has 1 aliphatic rings. The zero-order chi connectivity index (χ0) is 22.2. The Morgan fingerprint density at radius 3 is 2.23 bits per heavy atom. The van der Waals surface area contributed by atoms with Crippen LogP contribution in [-0.4, -0.2) is 37.3 Å². The van der Waals surface area contributed by atoms with Crippen molar-refractivity contribution < 1.29 is 19.0 Å². The summed E-state index contributed by atoms with van der Waals surface area (Å²) in [6.07, 6.45) is 2.31. The smallest absolute Gasteiger partial charge is 0.315 e. The highest BCUT2D eigenvalue weighted by molar-refractivity contribution is 5.72. The van der Waals surface area contributed by atoms with E-state index < -0.39 is 6.03 Å². The number of ether oxygens (including phenoxy) is 3. The lowest BCUT2D eigenvalue weighted by atomic mass is 10.00. The molecule has 0 radical (unpaired) electrons. The molecule has 1 fully saturated rings. The van der Waals surface area contributed by atoms with Gasteiger partial charge in [-0.15, -0.1) is 0 Å². The van der Waals surface area contributed by atoms with Crippen LogP contribution < -0.4 is 15.2 Å². The summed E-state index contributed by atoms with van der Waals surface area (Å²) in [4.78, 5) is 13.8. The number of hydrogen-bond donors (Lipinski definition) is 1.